The molecule has 1 aliphatic carbocycles. The van der Waals surface area contributed by atoms with Gasteiger partial charge in [-0.2, -0.15) is 0 Å². The average Bonchev–Trinajstić information content (AvgIpc) is 2.09. The zero-order valence-corrected chi connectivity index (χ0v) is 5.51. The summed E-state index contributed by atoms with van der Waals surface area (Å²) in [5.41, 5.74) is 0. The lowest BCUT2D eigenvalue weighted by Gasteiger charge is -2.19. The van der Waals surface area contributed by atoms with Crippen molar-refractivity contribution in [2.24, 2.45) is 5.92 Å². The molecule has 1 aliphatic heterocycles. The Balaban J connectivity index is 2.07. The van der Waals surface area contributed by atoms with E-state index in [1.807, 2.05) is 0 Å². The van der Waals surface area contributed by atoms with Crippen LogP contribution in [0.25, 0.3) is 0 Å². The van der Waals surface area contributed by atoms with Crippen LogP contribution in [0.2, 0.25) is 0 Å². The van der Waals surface area contributed by atoms with Gasteiger partial charge in [0.05, 0.1) is 6.10 Å². The second-order valence-corrected chi connectivity index (χ2v) is 3.24. The highest BCUT2D eigenvalue weighted by atomic mass is 16.3. The third-order valence-corrected chi connectivity index (χ3v) is 2.61. The van der Waals surface area contributed by atoms with Gasteiger partial charge >= 0.3 is 0 Å². The van der Waals surface area contributed by atoms with E-state index in [0.717, 1.165) is 13.0 Å². The molecule has 0 aromatic heterocycles. The van der Waals surface area contributed by atoms with Crippen molar-refractivity contribution in [3.63, 3.8) is 0 Å². The minimum atomic E-state index is 0.00463. The Labute approximate surface area is 55.3 Å². The van der Waals surface area contributed by atoms with Crippen molar-refractivity contribution in [3.05, 3.63) is 0 Å². The van der Waals surface area contributed by atoms with Crippen molar-refractivity contribution in [1.82, 2.24) is 5.32 Å². The minimum absolute atomic E-state index is 0.00463. The van der Waals surface area contributed by atoms with E-state index in [0.29, 0.717) is 12.0 Å². The molecule has 1 saturated carbocycles. The number of aliphatic hydroxyl groups is 1. The molecule has 2 N–H and O–H groups in total. The summed E-state index contributed by atoms with van der Waals surface area (Å²) in [6, 6.07) is 0.638. The summed E-state index contributed by atoms with van der Waals surface area (Å²) >= 11 is 0. The Morgan fingerprint density at radius 1 is 1.33 bits per heavy atom. The Morgan fingerprint density at radius 3 is 2.89 bits per heavy atom. The predicted molar refractivity (Wildman–Crippen MR) is 35.1 cm³/mol. The number of nitrogens with one attached hydrogen (secondary N) is 1. The first-order valence-electron chi connectivity index (χ1n) is 3.78. The zero-order valence-electron chi connectivity index (χ0n) is 5.51. The van der Waals surface area contributed by atoms with Gasteiger partial charge < -0.3 is 10.4 Å². The average molecular weight is 127 g/mol. The molecular formula is C7H13NO. The molecule has 0 radical (unpaired) electrons. The van der Waals surface area contributed by atoms with Crippen LogP contribution in [0.15, 0.2) is 0 Å². The van der Waals surface area contributed by atoms with Gasteiger partial charge in [-0.25, -0.2) is 0 Å². The van der Waals surface area contributed by atoms with Crippen molar-refractivity contribution in [1.29, 1.82) is 0 Å². The van der Waals surface area contributed by atoms with Crippen LogP contribution in [-0.2, 0) is 0 Å². The number of fused-ring (bicyclic) bond motifs is 2. The van der Waals surface area contributed by atoms with Crippen LogP contribution in [0.1, 0.15) is 19.3 Å². The molecular weight excluding hydrogens is 114 g/mol. The van der Waals surface area contributed by atoms with Gasteiger partial charge in [0.2, 0.25) is 0 Å². The van der Waals surface area contributed by atoms with Crippen LogP contribution in [0, 0.1) is 5.92 Å². The molecule has 2 bridgehead atoms. The first-order valence-corrected chi connectivity index (χ1v) is 3.78. The Hall–Kier alpha value is -0.0800. The molecule has 1 heterocycles. The van der Waals surface area contributed by atoms with Crippen LogP contribution in [0.3, 0.4) is 0 Å². The monoisotopic (exact) mass is 127 g/mol. The summed E-state index contributed by atoms with van der Waals surface area (Å²) < 4.78 is 0. The van der Waals surface area contributed by atoms with Gasteiger partial charge in [0.1, 0.15) is 0 Å². The molecule has 0 aromatic carbocycles. The van der Waals surface area contributed by atoms with Crippen LogP contribution in [0.4, 0.5) is 0 Å². The van der Waals surface area contributed by atoms with E-state index >= 15 is 0 Å². The van der Waals surface area contributed by atoms with E-state index in [2.05, 4.69) is 5.32 Å². The first kappa shape index (κ1) is 5.69. The molecule has 3 atom stereocenters. The van der Waals surface area contributed by atoms with E-state index in [1.165, 1.54) is 12.8 Å². The SMILES string of the molecule is OC1CC2CC1CCN2. The third-order valence-electron chi connectivity index (χ3n) is 2.61. The Bertz CT molecular complexity index is 113. The van der Waals surface area contributed by atoms with E-state index in [-0.39, 0.29) is 6.10 Å². The second kappa shape index (κ2) is 1.96. The maximum absolute atomic E-state index is 9.36. The van der Waals surface area contributed by atoms with Crippen LogP contribution in [0.5, 0.6) is 0 Å². The van der Waals surface area contributed by atoms with Crippen LogP contribution >= 0.6 is 0 Å². The quantitative estimate of drug-likeness (QED) is 0.484. The van der Waals surface area contributed by atoms with Gasteiger partial charge in [-0.15, -0.1) is 0 Å². The fraction of sp³-hybridized carbons (Fsp3) is 1.00. The molecule has 52 valence electrons. The molecule has 2 aliphatic rings. The summed E-state index contributed by atoms with van der Waals surface area (Å²) in [5.74, 6) is 0.622. The highest BCUT2D eigenvalue weighted by molar-refractivity contribution is 4.91. The third kappa shape index (κ3) is 0.864. The Morgan fingerprint density at radius 2 is 2.22 bits per heavy atom. The zero-order chi connectivity index (χ0) is 6.27. The van der Waals surface area contributed by atoms with Gasteiger partial charge in [-0.3, -0.25) is 0 Å². The van der Waals surface area contributed by atoms with Crippen molar-refractivity contribution >= 4 is 0 Å². The predicted octanol–water partition coefficient (Wildman–Crippen LogP) is 0.119. The molecule has 1 saturated heterocycles. The van der Waals surface area contributed by atoms with Gasteiger partial charge in [-0.05, 0) is 31.7 Å². The van der Waals surface area contributed by atoms with Crippen molar-refractivity contribution in [2.45, 2.75) is 31.4 Å². The van der Waals surface area contributed by atoms with Crippen molar-refractivity contribution in [2.75, 3.05) is 6.54 Å². The maximum atomic E-state index is 9.36. The molecule has 2 rings (SSSR count). The molecule has 0 aromatic rings. The number of hydrogen-bond acceptors (Lipinski definition) is 2. The lowest BCUT2D eigenvalue weighted by Crippen LogP contribution is -2.31. The molecule has 0 amide bonds. The lowest BCUT2D eigenvalue weighted by atomic mass is 9.99. The summed E-state index contributed by atoms with van der Waals surface area (Å²) in [7, 11) is 0. The molecule has 9 heavy (non-hydrogen) atoms. The number of hydrogen-bond donors (Lipinski definition) is 2. The second-order valence-electron chi connectivity index (χ2n) is 3.24. The summed E-state index contributed by atoms with van der Waals surface area (Å²) in [4.78, 5) is 0. The fourth-order valence-corrected chi connectivity index (χ4v) is 2.05. The number of piperidine rings is 1. The largest absolute Gasteiger partial charge is 0.393 e. The van der Waals surface area contributed by atoms with E-state index in [9.17, 15) is 5.11 Å². The molecule has 2 heteroatoms. The van der Waals surface area contributed by atoms with Crippen LogP contribution < -0.4 is 5.32 Å². The van der Waals surface area contributed by atoms with Crippen LogP contribution in [-0.4, -0.2) is 23.8 Å². The Kier molecular flexibility index (Phi) is 1.24. The summed E-state index contributed by atoms with van der Waals surface area (Å²) in [6.45, 7) is 1.12. The highest BCUT2D eigenvalue weighted by Crippen LogP contribution is 2.31. The summed E-state index contributed by atoms with van der Waals surface area (Å²) in [5, 5.41) is 12.7. The van der Waals surface area contributed by atoms with E-state index < -0.39 is 0 Å². The topological polar surface area (TPSA) is 32.3 Å². The molecule has 0 spiro atoms. The molecule has 2 nitrogen and oxygen atoms in total. The minimum Gasteiger partial charge on any atom is -0.393 e. The molecule has 2 fully saturated rings. The number of aliphatic hydroxyl groups excluding tert-OH is 1. The van der Waals surface area contributed by atoms with Gasteiger partial charge in [0, 0.05) is 6.04 Å². The number of rotatable bonds is 0. The van der Waals surface area contributed by atoms with Gasteiger partial charge in [0.15, 0.2) is 0 Å². The highest BCUT2D eigenvalue weighted by Gasteiger charge is 2.35. The van der Waals surface area contributed by atoms with Crippen molar-refractivity contribution < 1.29 is 5.11 Å². The summed E-state index contributed by atoms with van der Waals surface area (Å²) in [6.07, 6.45) is 3.38. The molecule has 3 unspecified atom stereocenters. The lowest BCUT2D eigenvalue weighted by molar-refractivity contribution is 0.131. The normalized spacial score (nSPS) is 49.7. The van der Waals surface area contributed by atoms with Gasteiger partial charge in [-0.1, -0.05) is 0 Å². The van der Waals surface area contributed by atoms with E-state index in [1.54, 1.807) is 0 Å². The fourth-order valence-electron chi connectivity index (χ4n) is 2.05. The first-order chi connectivity index (χ1) is 4.36. The van der Waals surface area contributed by atoms with E-state index in [4.69, 9.17) is 0 Å². The smallest absolute Gasteiger partial charge is 0.0584 e. The van der Waals surface area contributed by atoms with Gasteiger partial charge in [0.25, 0.3) is 0 Å². The van der Waals surface area contributed by atoms with Crippen molar-refractivity contribution in [3.8, 4) is 0 Å². The standard InChI is InChI=1S/C7H13NO/c9-7-4-6-3-5(7)1-2-8-6/h5-9H,1-4H2. The maximum Gasteiger partial charge on any atom is 0.0584 e.